The number of benzene rings is 2. The van der Waals surface area contributed by atoms with E-state index < -0.39 is 17.5 Å². The number of aryl methyl sites for hydroxylation is 1. The number of hydrogen-bond donors (Lipinski definition) is 4. The number of carbonyl (C=O) groups excluding carboxylic acids is 1. The number of nitrogens with one attached hydrogen (secondary N) is 1. The highest BCUT2D eigenvalue weighted by molar-refractivity contribution is 5.78. The summed E-state index contributed by atoms with van der Waals surface area (Å²) < 4.78 is 21.6. The lowest BCUT2D eigenvalue weighted by Crippen LogP contribution is -2.29. The zero-order valence-corrected chi connectivity index (χ0v) is 20.5. The maximum atomic E-state index is 13.0. The Bertz CT molecular complexity index is 1300. The summed E-state index contributed by atoms with van der Waals surface area (Å²) in [6, 6.07) is 8.97. The van der Waals surface area contributed by atoms with E-state index in [4.69, 9.17) is 18.6 Å². The molecule has 0 radical (unpaired) electrons. The van der Waals surface area contributed by atoms with Gasteiger partial charge in [0.15, 0.2) is 23.0 Å². The third-order valence-electron chi connectivity index (χ3n) is 5.71. The van der Waals surface area contributed by atoms with Gasteiger partial charge in [-0.1, -0.05) is 12.1 Å². The molecule has 0 unspecified atom stereocenters. The fourth-order valence-corrected chi connectivity index (χ4v) is 4.02. The average Bonchev–Trinajstić information content (AvgIpc) is 2.83. The molecule has 10 heteroatoms. The Morgan fingerprint density at radius 2 is 1.67 bits per heavy atom. The molecule has 4 N–H and O–H groups in total. The number of carbonyl (C=O) groups is 1. The molecule has 1 aromatic heterocycles. The van der Waals surface area contributed by atoms with Crippen LogP contribution in [0.5, 0.6) is 34.5 Å². The Morgan fingerprint density at radius 3 is 2.28 bits per heavy atom. The van der Waals surface area contributed by atoms with E-state index in [0.717, 1.165) is 0 Å². The van der Waals surface area contributed by atoms with E-state index in [1.807, 2.05) is 0 Å². The quantitative estimate of drug-likeness (QED) is 0.309. The van der Waals surface area contributed by atoms with Crippen LogP contribution in [0.15, 0.2) is 45.6 Å². The third-order valence-corrected chi connectivity index (χ3v) is 5.71. The van der Waals surface area contributed by atoms with Gasteiger partial charge in [-0.3, -0.25) is 4.79 Å². The molecule has 1 atom stereocenters. The Labute approximate surface area is 207 Å². The van der Waals surface area contributed by atoms with Crippen LogP contribution >= 0.6 is 0 Å². The number of rotatable bonds is 10. The second kappa shape index (κ2) is 11.4. The van der Waals surface area contributed by atoms with Gasteiger partial charge in [0.25, 0.3) is 0 Å². The van der Waals surface area contributed by atoms with E-state index in [1.54, 1.807) is 18.2 Å². The predicted octanol–water partition coefficient (Wildman–Crippen LogP) is 2.97. The third kappa shape index (κ3) is 5.65. The molecule has 0 saturated carbocycles. The first-order chi connectivity index (χ1) is 17.2. The molecule has 36 heavy (non-hydrogen) atoms. The number of phenols is 2. The zero-order chi connectivity index (χ0) is 26.4. The van der Waals surface area contributed by atoms with Crippen molar-refractivity contribution in [2.45, 2.75) is 25.7 Å². The SMILES string of the molecule is COc1ccc([C@@H](CC(=O)NCCc2ccc(O)c(O)c2)c2c(O)cc(C)oc2=O)c(OC)c1OC. The molecule has 1 heterocycles. The summed E-state index contributed by atoms with van der Waals surface area (Å²) in [5.74, 6) is -1.00. The van der Waals surface area contributed by atoms with Crippen molar-refractivity contribution in [2.24, 2.45) is 0 Å². The zero-order valence-electron chi connectivity index (χ0n) is 20.5. The van der Waals surface area contributed by atoms with Crippen LogP contribution in [-0.2, 0) is 11.2 Å². The second-order valence-electron chi connectivity index (χ2n) is 8.05. The molecule has 0 aliphatic carbocycles. The summed E-state index contributed by atoms with van der Waals surface area (Å²) in [5, 5.41) is 32.5. The maximum Gasteiger partial charge on any atom is 0.343 e. The molecule has 1 amide bonds. The van der Waals surface area contributed by atoms with Crippen molar-refractivity contribution in [1.82, 2.24) is 5.32 Å². The average molecular weight is 500 g/mol. The lowest BCUT2D eigenvalue weighted by Gasteiger charge is -2.22. The summed E-state index contributed by atoms with van der Waals surface area (Å²) in [7, 11) is 4.32. The van der Waals surface area contributed by atoms with Gasteiger partial charge in [0.05, 0.1) is 26.9 Å². The molecule has 3 aromatic rings. The topological polar surface area (TPSA) is 148 Å². The lowest BCUT2D eigenvalue weighted by molar-refractivity contribution is -0.121. The van der Waals surface area contributed by atoms with Gasteiger partial charge in [0.2, 0.25) is 11.7 Å². The first-order valence-electron chi connectivity index (χ1n) is 11.1. The van der Waals surface area contributed by atoms with Crippen LogP contribution in [0.25, 0.3) is 0 Å². The van der Waals surface area contributed by atoms with Crippen LogP contribution in [0, 0.1) is 6.92 Å². The Kier molecular flexibility index (Phi) is 8.31. The van der Waals surface area contributed by atoms with E-state index in [2.05, 4.69) is 5.32 Å². The summed E-state index contributed by atoms with van der Waals surface area (Å²) in [5.41, 5.74) is 0.257. The van der Waals surface area contributed by atoms with Crippen molar-refractivity contribution in [3.63, 3.8) is 0 Å². The summed E-state index contributed by atoms with van der Waals surface area (Å²) in [4.78, 5) is 25.8. The fraction of sp³-hybridized carbons (Fsp3) is 0.308. The number of methoxy groups -OCH3 is 3. The molecule has 192 valence electrons. The highest BCUT2D eigenvalue weighted by atomic mass is 16.5. The van der Waals surface area contributed by atoms with Gasteiger partial charge in [0, 0.05) is 30.5 Å². The molecule has 0 fully saturated rings. The molecule has 10 nitrogen and oxygen atoms in total. The molecule has 0 bridgehead atoms. The van der Waals surface area contributed by atoms with Gasteiger partial charge in [-0.05, 0) is 37.1 Å². The van der Waals surface area contributed by atoms with Crippen LogP contribution in [-0.4, -0.2) is 49.1 Å². The Hall–Kier alpha value is -4.34. The van der Waals surface area contributed by atoms with Crippen molar-refractivity contribution < 1.29 is 38.7 Å². The van der Waals surface area contributed by atoms with Gasteiger partial charge in [-0.25, -0.2) is 4.79 Å². The highest BCUT2D eigenvalue weighted by Crippen LogP contribution is 2.45. The van der Waals surface area contributed by atoms with Gasteiger partial charge in [0.1, 0.15) is 11.5 Å². The van der Waals surface area contributed by atoms with Crippen LogP contribution in [0.2, 0.25) is 0 Å². The van der Waals surface area contributed by atoms with Crippen LogP contribution in [0.1, 0.15) is 34.8 Å². The smallest absolute Gasteiger partial charge is 0.343 e. The van der Waals surface area contributed by atoms with Crippen LogP contribution < -0.4 is 25.2 Å². The molecule has 0 aliphatic rings. The monoisotopic (exact) mass is 499 g/mol. The van der Waals surface area contributed by atoms with Crippen molar-refractivity contribution in [2.75, 3.05) is 27.9 Å². The molecule has 2 aromatic carbocycles. The fourth-order valence-electron chi connectivity index (χ4n) is 4.02. The van der Waals surface area contributed by atoms with E-state index >= 15 is 0 Å². The summed E-state index contributed by atoms with van der Waals surface area (Å²) >= 11 is 0. The van der Waals surface area contributed by atoms with Crippen molar-refractivity contribution >= 4 is 5.91 Å². The number of aromatic hydroxyl groups is 3. The van der Waals surface area contributed by atoms with Gasteiger partial charge >= 0.3 is 5.63 Å². The number of ether oxygens (including phenoxy) is 3. The highest BCUT2D eigenvalue weighted by Gasteiger charge is 2.30. The van der Waals surface area contributed by atoms with E-state index in [-0.39, 0.29) is 53.0 Å². The number of phenolic OH excluding ortho intramolecular Hbond substituents is 2. The summed E-state index contributed by atoms with van der Waals surface area (Å²) in [6.45, 7) is 1.76. The molecular formula is C26H29NO9. The molecule has 0 spiro atoms. The van der Waals surface area contributed by atoms with Crippen molar-refractivity contribution in [1.29, 1.82) is 0 Å². The maximum absolute atomic E-state index is 13.0. The second-order valence-corrected chi connectivity index (χ2v) is 8.05. The van der Waals surface area contributed by atoms with E-state index in [9.17, 15) is 24.9 Å². The first-order valence-corrected chi connectivity index (χ1v) is 11.1. The number of amides is 1. The van der Waals surface area contributed by atoms with Crippen molar-refractivity contribution in [3.05, 3.63) is 69.3 Å². The van der Waals surface area contributed by atoms with Crippen molar-refractivity contribution in [3.8, 4) is 34.5 Å². The lowest BCUT2D eigenvalue weighted by atomic mass is 9.87. The first kappa shape index (κ1) is 26.3. The minimum Gasteiger partial charge on any atom is -0.507 e. The van der Waals surface area contributed by atoms with Gasteiger partial charge < -0.3 is 39.3 Å². The van der Waals surface area contributed by atoms with Crippen LogP contribution in [0.3, 0.4) is 0 Å². The minimum absolute atomic E-state index is 0.0928. The Morgan fingerprint density at radius 1 is 0.944 bits per heavy atom. The standard InChI is InChI=1S/C26H29NO9/c1-14-11-20(30)23(26(32)36-14)17(16-6-8-21(33-2)25(35-4)24(16)34-3)13-22(31)27-10-9-15-5-7-18(28)19(29)12-15/h5-8,11-12,17,28-30H,9-10,13H2,1-4H3,(H,27,31)/t17-/m1/s1. The van der Waals surface area contributed by atoms with Gasteiger partial charge in [-0.2, -0.15) is 0 Å². The Balaban J connectivity index is 1.94. The molecular weight excluding hydrogens is 470 g/mol. The molecule has 0 aliphatic heterocycles. The molecule has 0 saturated heterocycles. The van der Waals surface area contributed by atoms with E-state index in [1.165, 1.54) is 46.5 Å². The minimum atomic E-state index is -0.936. The normalized spacial score (nSPS) is 11.6. The van der Waals surface area contributed by atoms with Crippen LogP contribution in [0.4, 0.5) is 0 Å². The summed E-state index contributed by atoms with van der Waals surface area (Å²) in [6.07, 6.45) is 0.176. The largest absolute Gasteiger partial charge is 0.507 e. The predicted molar refractivity (Wildman–Crippen MR) is 130 cm³/mol. The number of hydrogen-bond acceptors (Lipinski definition) is 9. The van der Waals surface area contributed by atoms with E-state index in [0.29, 0.717) is 23.3 Å². The molecule has 3 rings (SSSR count). The van der Waals surface area contributed by atoms with Gasteiger partial charge in [-0.15, -0.1) is 0 Å².